The number of hydrogen-bond donors (Lipinski definition) is 1. The van der Waals surface area contributed by atoms with Gasteiger partial charge in [0.05, 0.1) is 6.20 Å². The van der Waals surface area contributed by atoms with Crippen molar-refractivity contribution in [2.24, 2.45) is 7.05 Å². The quantitative estimate of drug-likeness (QED) is 0.731. The summed E-state index contributed by atoms with van der Waals surface area (Å²) in [5.74, 6) is 1.16. The first-order valence-electron chi connectivity index (χ1n) is 7.75. The van der Waals surface area contributed by atoms with Crippen molar-refractivity contribution in [1.29, 1.82) is 0 Å². The van der Waals surface area contributed by atoms with Gasteiger partial charge in [-0.25, -0.2) is 0 Å². The van der Waals surface area contributed by atoms with Gasteiger partial charge in [-0.3, -0.25) is 9.48 Å². The number of benzene rings is 1. The van der Waals surface area contributed by atoms with E-state index in [9.17, 15) is 4.79 Å². The average molecular weight is 360 g/mol. The second-order valence-corrected chi connectivity index (χ2v) is 6.01. The number of nitrogens with zero attached hydrogens (tertiary/aromatic N) is 2. The summed E-state index contributed by atoms with van der Waals surface area (Å²) in [5.41, 5.74) is 1.97. The van der Waals surface area contributed by atoms with E-state index in [2.05, 4.69) is 10.4 Å². The van der Waals surface area contributed by atoms with Gasteiger partial charge in [0.15, 0.2) is 5.76 Å². The molecule has 2 heterocycles. The van der Waals surface area contributed by atoms with Crippen molar-refractivity contribution in [1.82, 2.24) is 15.1 Å². The molecule has 0 radical (unpaired) electrons. The minimum atomic E-state index is -0.280. The van der Waals surface area contributed by atoms with Gasteiger partial charge < -0.3 is 14.5 Å². The second kappa shape index (κ2) is 7.44. The fourth-order valence-corrected chi connectivity index (χ4v) is 2.45. The fourth-order valence-electron chi connectivity index (χ4n) is 2.27. The molecular weight excluding hydrogens is 342 g/mol. The predicted octanol–water partition coefficient (Wildman–Crippen LogP) is 3.48. The summed E-state index contributed by atoms with van der Waals surface area (Å²) in [6.45, 7) is 2.57. The van der Waals surface area contributed by atoms with E-state index in [1.807, 2.05) is 14.0 Å². The van der Waals surface area contributed by atoms with Crippen molar-refractivity contribution in [2.75, 3.05) is 0 Å². The summed E-state index contributed by atoms with van der Waals surface area (Å²) < 4.78 is 12.9. The molecule has 0 aliphatic heterocycles. The number of nitrogens with one attached hydrogen (secondary N) is 1. The van der Waals surface area contributed by atoms with Gasteiger partial charge in [-0.05, 0) is 37.3 Å². The molecule has 0 aliphatic rings. The standard InChI is InChI=1S/C18H18ClN3O3/c1-12-13(10-21-22(12)2)9-20-18(23)17-7-6-16(25-17)11-24-15-5-3-4-14(19)8-15/h3-8,10H,9,11H2,1-2H3,(H,20,23). The molecule has 7 heteroatoms. The first-order chi connectivity index (χ1) is 12.0. The van der Waals surface area contributed by atoms with Crippen molar-refractivity contribution >= 4 is 17.5 Å². The number of carbonyl (C=O) groups is 1. The molecule has 25 heavy (non-hydrogen) atoms. The maximum absolute atomic E-state index is 12.2. The molecule has 0 unspecified atom stereocenters. The van der Waals surface area contributed by atoms with Crippen LogP contribution in [-0.4, -0.2) is 15.7 Å². The third kappa shape index (κ3) is 4.22. The number of hydrogen-bond acceptors (Lipinski definition) is 4. The number of furan rings is 1. The zero-order valence-electron chi connectivity index (χ0n) is 14.0. The van der Waals surface area contributed by atoms with E-state index in [0.717, 1.165) is 11.3 Å². The number of ether oxygens (including phenoxy) is 1. The molecule has 3 rings (SSSR count). The van der Waals surface area contributed by atoms with E-state index in [-0.39, 0.29) is 18.3 Å². The largest absolute Gasteiger partial charge is 0.486 e. The Morgan fingerprint density at radius 3 is 2.92 bits per heavy atom. The third-order valence-electron chi connectivity index (χ3n) is 3.84. The van der Waals surface area contributed by atoms with Crippen LogP contribution in [0.4, 0.5) is 0 Å². The number of halogens is 1. The number of rotatable bonds is 6. The lowest BCUT2D eigenvalue weighted by molar-refractivity contribution is 0.0919. The topological polar surface area (TPSA) is 69.3 Å². The van der Waals surface area contributed by atoms with Gasteiger partial charge in [-0.1, -0.05) is 17.7 Å². The molecule has 0 aliphatic carbocycles. The van der Waals surface area contributed by atoms with E-state index in [4.69, 9.17) is 20.8 Å². The van der Waals surface area contributed by atoms with E-state index < -0.39 is 0 Å². The van der Waals surface area contributed by atoms with Crippen LogP contribution >= 0.6 is 11.6 Å². The van der Waals surface area contributed by atoms with Crippen LogP contribution in [0, 0.1) is 6.92 Å². The van der Waals surface area contributed by atoms with Crippen LogP contribution in [-0.2, 0) is 20.2 Å². The molecule has 0 saturated carbocycles. The highest BCUT2D eigenvalue weighted by atomic mass is 35.5. The average Bonchev–Trinajstić information content (AvgIpc) is 3.19. The van der Waals surface area contributed by atoms with Crippen LogP contribution in [0.2, 0.25) is 5.02 Å². The van der Waals surface area contributed by atoms with Crippen LogP contribution in [0.1, 0.15) is 27.6 Å². The summed E-state index contributed by atoms with van der Waals surface area (Å²) in [7, 11) is 1.86. The van der Waals surface area contributed by atoms with Gasteiger partial charge >= 0.3 is 0 Å². The van der Waals surface area contributed by atoms with Gasteiger partial charge in [-0.15, -0.1) is 0 Å². The Labute approximate surface area is 150 Å². The Kier molecular flexibility index (Phi) is 5.09. The number of amides is 1. The van der Waals surface area contributed by atoms with Crippen molar-refractivity contribution in [3.63, 3.8) is 0 Å². The summed E-state index contributed by atoms with van der Waals surface area (Å²) in [4.78, 5) is 12.2. The lowest BCUT2D eigenvalue weighted by Crippen LogP contribution is -2.22. The molecule has 1 N–H and O–H groups in total. The van der Waals surface area contributed by atoms with Gasteiger partial charge in [0, 0.05) is 29.9 Å². The highest BCUT2D eigenvalue weighted by molar-refractivity contribution is 6.30. The van der Waals surface area contributed by atoms with Crippen LogP contribution in [0.3, 0.4) is 0 Å². The molecule has 3 aromatic rings. The van der Waals surface area contributed by atoms with Gasteiger partial charge in [0.1, 0.15) is 18.1 Å². The maximum Gasteiger partial charge on any atom is 0.287 e. The maximum atomic E-state index is 12.2. The molecule has 6 nitrogen and oxygen atoms in total. The third-order valence-corrected chi connectivity index (χ3v) is 4.07. The summed E-state index contributed by atoms with van der Waals surface area (Å²) in [6, 6.07) is 10.4. The number of aromatic nitrogens is 2. The lowest BCUT2D eigenvalue weighted by atomic mass is 10.2. The molecule has 2 aromatic heterocycles. The molecule has 0 saturated heterocycles. The van der Waals surface area contributed by atoms with Crippen molar-refractivity contribution in [2.45, 2.75) is 20.1 Å². The van der Waals surface area contributed by atoms with Crippen LogP contribution < -0.4 is 10.1 Å². The molecule has 1 amide bonds. The van der Waals surface area contributed by atoms with Gasteiger partial charge in [0.25, 0.3) is 5.91 Å². The Balaban J connectivity index is 1.55. The molecule has 0 fully saturated rings. The number of carbonyl (C=O) groups excluding carboxylic acids is 1. The van der Waals surface area contributed by atoms with E-state index in [0.29, 0.717) is 23.1 Å². The van der Waals surface area contributed by atoms with Crippen molar-refractivity contribution in [3.8, 4) is 5.75 Å². The number of aryl methyl sites for hydroxylation is 1. The molecule has 130 valence electrons. The monoisotopic (exact) mass is 359 g/mol. The zero-order chi connectivity index (χ0) is 17.8. The summed E-state index contributed by atoms with van der Waals surface area (Å²) in [6.07, 6.45) is 1.74. The van der Waals surface area contributed by atoms with Gasteiger partial charge in [0.2, 0.25) is 0 Å². The minimum Gasteiger partial charge on any atom is -0.486 e. The SMILES string of the molecule is Cc1c(CNC(=O)c2ccc(COc3cccc(Cl)c3)o2)cnn1C. The normalized spacial score (nSPS) is 10.7. The van der Waals surface area contributed by atoms with Crippen LogP contribution in [0.15, 0.2) is 47.0 Å². The molecule has 1 aromatic carbocycles. The van der Waals surface area contributed by atoms with E-state index in [1.54, 1.807) is 47.3 Å². The Bertz CT molecular complexity index is 885. The predicted molar refractivity (Wildman–Crippen MR) is 93.6 cm³/mol. The first kappa shape index (κ1) is 17.1. The smallest absolute Gasteiger partial charge is 0.287 e. The lowest BCUT2D eigenvalue weighted by Gasteiger charge is -2.05. The van der Waals surface area contributed by atoms with Crippen LogP contribution in [0.5, 0.6) is 5.75 Å². The molecule has 0 spiro atoms. The highest BCUT2D eigenvalue weighted by Gasteiger charge is 2.13. The van der Waals surface area contributed by atoms with E-state index in [1.165, 1.54) is 0 Å². The molecular formula is C18H18ClN3O3. The second-order valence-electron chi connectivity index (χ2n) is 5.57. The molecule has 0 atom stereocenters. The highest BCUT2D eigenvalue weighted by Crippen LogP contribution is 2.19. The Morgan fingerprint density at radius 1 is 1.36 bits per heavy atom. The summed E-state index contributed by atoms with van der Waals surface area (Å²) in [5, 5.41) is 7.57. The minimum absolute atomic E-state index is 0.218. The zero-order valence-corrected chi connectivity index (χ0v) is 14.7. The van der Waals surface area contributed by atoms with Gasteiger partial charge in [-0.2, -0.15) is 5.10 Å². The van der Waals surface area contributed by atoms with E-state index >= 15 is 0 Å². The fraction of sp³-hybridized carbons (Fsp3) is 0.222. The van der Waals surface area contributed by atoms with Crippen molar-refractivity contribution in [3.05, 3.63) is 70.4 Å². The Hall–Kier alpha value is -2.73. The van der Waals surface area contributed by atoms with Crippen molar-refractivity contribution < 1.29 is 13.9 Å². The summed E-state index contributed by atoms with van der Waals surface area (Å²) >= 11 is 5.91. The van der Waals surface area contributed by atoms with Crippen LogP contribution in [0.25, 0.3) is 0 Å². The Morgan fingerprint density at radius 2 is 2.20 bits per heavy atom. The first-order valence-corrected chi connectivity index (χ1v) is 8.13. The molecule has 0 bridgehead atoms.